The summed E-state index contributed by atoms with van der Waals surface area (Å²) in [5.74, 6) is -2.37. The minimum absolute atomic E-state index is 0. The van der Waals surface area contributed by atoms with Gasteiger partial charge in [0.2, 0.25) is 0 Å². The maximum atomic E-state index is 10.5. The van der Waals surface area contributed by atoms with Crippen LogP contribution in [0.1, 0.15) is 6.92 Å². The molecule has 1 rings (SSSR count). The Bertz CT molecular complexity index is 272. The number of carboxylic acid groups (broad SMARTS) is 1. The van der Waals surface area contributed by atoms with E-state index < -0.39 is 29.9 Å². The van der Waals surface area contributed by atoms with Gasteiger partial charge in [-0.2, -0.15) is 0 Å². The summed E-state index contributed by atoms with van der Waals surface area (Å²) < 4.78 is 0. The van der Waals surface area contributed by atoms with Crippen LogP contribution < -0.4 is 16.4 Å². The predicted octanol–water partition coefficient (Wildman–Crippen LogP) is -3.53. The molecule has 1 fully saturated rings. The molecule has 4 amide bonds. The van der Waals surface area contributed by atoms with Crippen molar-refractivity contribution in [1.82, 2.24) is 10.6 Å². The van der Waals surface area contributed by atoms with Crippen LogP contribution in [0.2, 0.25) is 0 Å². The Balaban J connectivity index is -0.000000249. The van der Waals surface area contributed by atoms with Crippen LogP contribution in [0.25, 0.3) is 0 Å². The number of rotatable bonds is 0. The number of amides is 4. The number of aliphatic carboxylic acids is 1. The summed E-state index contributed by atoms with van der Waals surface area (Å²) >= 11 is 0. The molecule has 0 atom stereocenters. The van der Waals surface area contributed by atoms with E-state index in [9.17, 15) is 14.4 Å². The summed E-state index contributed by atoms with van der Waals surface area (Å²) in [6, 6.07) is -2.09. The van der Waals surface area contributed by atoms with Crippen molar-refractivity contribution < 1.29 is 24.3 Å². The Morgan fingerprint density at radius 3 is 1.69 bits per heavy atom. The fourth-order valence-corrected chi connectivity index (χ4v) is 0.530. The molecule has 82 valence electrons. The van der Waals surface area contributed by atoms with Gasteiger partial charge in [-0.05, 0) is 0 Å². The van der Waals surface area contributed by atoms with Crippen LogP contribution in [0.3, 0.4) is 0 Å². The predicted molar refractivity (Wildman–Crippen MR) is 57.3 cm³/mol. The van der Waals surface area contributed by atoms with Crippen molar-refractivity contribution in [3.63, 3.8) is 0 Å². The molecular formula is C6H11N3Na2O5. The topological polar surface area (TPSA) is 139 Å². The minimum atomic E-state index is -1.27. The van der Waals surface area contributed by atoms with Gasteiger partial charge >= 0.3 is 65.1 Å². The number of urea groups is 1. The molecule has 0 unspecified atom stereocenters. The number of hydrogen-bond donors (Lipinski definition) is 4. The number of carbonyl (C=O) groups excluding carboxylic acids is 3. The van der Waals surface area contributed by atoms with Gasteiger partial charge in [0.25, 0.3) is 17.8 Å². The molecule has 16 heavy (non-hydrogen) atoms. The van der Waals surface area contributed by atoms with Gasteiger partial charge in [0, 0.05) is 6.92 Å². The molecule has 10 heteroatoms. The molecule has 0 aromatic carbocycles. The fourth-order valence-electron chi connectivity index (χ4n) is 0.530. The van der Waals surface area contributed by atoms with Gasteiger partial charge in [0.15, 0.2) is 6.04 Å². The van der Waals surface area contributed by atoms with Crippen molar-refractivity contribution in [3.8, 4) is 0 Å². The van der Waals surface area contributed by atoms with E-state index in [1.807, 2.05) is 10.6 Å². The average molecular weight is 251 g/mol. The molecular weight excluding hydrogens is 240 g/mol. The van der Waals surface area contributed by atoms with Gasteiger partial charge in [-0.15, -0.1) is 0 Å². The second kappa shape index (κ2) is 10.2. The zero-order valence-electron chi connectivity index (χ0n) is 7.23. The van der Waals surface area contributed by atoms with E-state index in [1.54, 1.807) is 0 Å². The first-order chi connectivity index (χ1) is 6.34. The van der Waals surface area contributed by atoms with Gasteiger partial charge in [0.1, 0.15) is 0 Å². The summed E-state index contributed by atoms with van der Waals surface area (Å²) in [7, 11) is 0. The molecule has 0 bridgehead atoms. The van der Waals surface area contributed by atoms with Gasteiger partial charge in [-0.25, -0.2) is 4.79 Å². The van der Waals surface area contributed by atoms with Crippen LogP contribution in [-0.4, -0.2) is 94.1 Å². The molecule has 1 aliphatic heterocycles. The van der Waals surface area contributed by atoms with Crippen molar-refractivity contribution in [2.75, 3.05) is 0 Å². The van der Waals surface area contributed by atoms with Crippen LogP contribution in [0.5, 0.6) is 0 Å². The standard InChI is InChI=1S/C4H5N3O3.C2H4O2.2Na.2H/c5-1-2(8)6-4(10)7-3(1)9;1-2(3)4;;;;/h1H,5H2,(H2,6,7,8,9,10);1H3,(H,3,4);;;;. The molecule has 1 saturated heterocycles. The van der Waals surface area contributed by atoms with Gasteiger partial charge in [0.05, 0.1) is 0 Å². The van der Waals surface area contributed by atoms with Crippen molar-refractivity contribution in [2.24, 2.45) is 5.73 Å². The van der Waals surface area contributed by atoms with Gasteiger partial charge in [-0.3, -0.25) is 25.0 Å². The van der Waals surface area contributed by atoms with Gasteiger partial charge in [-0.1, -0.05) is 0 Å². The van der Waals surface area contributed by atoms with Crippen LogP contribution in [-0.2, 0) is 14.4 Å². The zero-order valence-corrected chi connectivity index (χ0v) is 7.23. The molecule has 0 aromatic rings. The number of nitrogens with two attached hydrogens (primary N) is 1. The van der Waals surface area contributed by atoms with Crippen LogP contribution >= 0.6 is 0 Å². The molecule has 5 N–H and O–H groups in total. The van der Waals surface area contributed by atoms with E-state index in [1.165, 1.54) is 0 Å². The number of barbiturate groups is 1. The third kappa shape index (κ3) is 9.28. The summed E-state index contributed by atoms with van der Waals surface area (Å²) in [5.41, 5.74) is 5.01. The van der Waals surface area contributed by atoms with Gasteiger partial charge < -0.3 is 10.8 Å². The van der Waals surface area contributed by atoms with E-state index in [0.717, 1.165) is 6.92 Å². The first-order valence-corrected chi connectivity index (χ1v) is 3.45. The van der Waals surface area contributed by atoms with Crippen LogP contribution in [0.4, 0.5) is 4.79 Å². The molecule has 0 radical (unpaired) electrons. The Hall–Kier alpha value is 0.0400. The Morgan fingerprint density at radius 1 is 1.19 bits per heavy atom. The maximum absolute atomic E-state index is 10.5. The number of nitrogens with one attached hydrogen (secondary N) is 2. The molecule has 1 heterocycles. The molecule has 1 aliphatic rings. The molecule has 0 spiro atoms. The SMILES string of the molecule is CC(=O)O.NC1C(=O)NC(=O)NC1=O.[NaH].[NaH]. The summed E-state index contributed by atoms with van der Waals surface area (Å²) in [4.78, 5) is 40.3. The van der Waals surface area contributed by atoms with E-state index in [0.29, 0.717) is 0 Å². The van der Waals surface area contributed by atoms with E-state index >= 15 is 0 Å². The van der Waals surface area contributed by atoms with E-state index in [4.69, 9.17) is 15.6 Å². The Kier molecular flexibility index (Phi) is 13.6. The normalized spacial score (nSPS) is 14.2. The number of carbonyl (C=O) groups is 4. The summed E-state index contributed by atoms with van der Waals surface area (Å²) in [5, 5.41) is 11.1. The van der Waals surface area contributed by atoms with Crippen molar-refractivity contribution in [3.05, 3.63) is 0 Å². The quantitative estimate of drug-likeness (QED) is 0.260. The molecule has 8 nitrogen and oxygen atoms in total. The molecule has 0 aliphatic carbocycles. The van der Waals surface area contributed by atoms with E-state index in [2.05, 4.69) is 0 Å². The third-order valence-electron chi connectivity index (χ3n) is 1.04. The second-order valence-electron chi connectivity index (χ2n) is 2.30. The average Bonchev–Trinajstić information content (AvgIpc) is 1.98. The fraction of sp³-hybridized carbons (Fsp3) is 0.333. The molecule has 0 saturated carbocycles. The number of imide groups is 2. The summed E-state index contributed by atoms with van der Waals surface area (Å²) in [6.07, 6.45) is 0. The van der Waals surface area contributed by atoms with E-state index in [-0.39, 0.29) is 59.1 Å². The molecule has 0 aromatic heterocycles. The first kappa shape index (κ1) is 21.3. The monoisotopic (exact) mass is 251 g/mol. The van der Waals surface area contributed by atoms with Crippen molar-refractivity contribution in [1.29, 1.82) is 0 Å². The Morgan fingerprint density at radius 2 is 1.44 bits per heavy atom. The van der Waals surface area contributed by atoms with Crippen molar-refractivity contribution >= 4 is 82.9 Å². The van der Waals surface area contributed by atoms with Crippen molar-refractivity contribution in [2.45, 2.75) is 13.0 Å². The number of carboxylic acids is 1. The first-order valence-electron chi connectivity index (χ1n) is 3.45. The summed E-state index contributed by atoms with van der Waals surface area (Å²) in [6.45, 7) is 1.08. The number of hydrogen-bond acceptors (Lipinski definition) is 5. The zero-order chi connectivity index (χ0) is 11.3. The van der Waals surface area contributed by atoms with Crippen LogP contribution in [0, 0.1) is 0 Å². The Labute approximate surface area is 135 Å². The van der Waals surface area contributed by atoms with Crippen LogP contribution in [0.15, 0.2) is 0 Å². The third-order valence-corrected chi connectivity index (χ3v) is 1.04. The second-order valence-corrected chi connectivity index (χ2v) is 2.30.